The highest BCUT2D eigenvalue weighted by molar-refractivity contribution is 5.97. The first-order valence-electron chi connectivity index (χ1n) is 11.8. The topological polar surface area (TPSA) is 128 Å². The molecule has 0 spiro atoms. The van der Waals surface area contributed by atoms with Gasteiger partial charge in [-0.1, -0.05) is 0 Å². The minimum absolute atomic E-state index is 0.131. The number of likely N-dealkylation sites (N-methyl/N-ethyl adjacent to an activating group) is 1. The molecule has 5 aromatic heterocycles. The first-order valence-corrected chi connectivity index (χ1v) is 11.8. The molecule has 1 aromatic carbocycles. The van der Waals surface area contributed by atoms with Gasteiger partial charge in [-0.25, -0.2) is 9.37 Å². The van der Waals surface area contributed by atoms with E-state index in [9.17, 15) is 9.18 Å². The molecule has 0 unspecified atom stereocenters. The van der Waals surface area contributed by atoms with Gasteiger partial charge in [-0.3, -0.25) is 24.8 Å². The van der Waals surface area contributed by atoms with Gasteiger partial charge in [-0.15, -0.1) is 0 Å². The molecule has 3 N–H and O–H groups in total. The maximum atomic E-state index is 13.4. The number of carbonyl (C=O) groups excluding carboxylic acids is 1. The number of hydrogen-bond acceptors (Lipinski definition) is 7. The molecule has 5 heterocycles. The van der Waals surface area contributed by atoms with Crippen molar-refractivity contribution in [2.75, 3.05) is 26.0 Å². The number of anilines is 1. The van der Waals surface area contributed by atoms with Crippen LogP contribution in [0.1, 0.15) is 0 Å². The van der Waals surface area contributed by atoms with E-state index in [1.54, 1.807) is 41.8 Å². The number of rotatable bonds is 6. The first kappa shape index (κ1) is 23.4. The number of halogens is 1. The minimum atomic E-state index is -0.312. The number of aromatic amines is 2. The molecule has 0 aliphatic rings. The molecule has 10 nitrogen and oxygen atoms in total. The van der Waals surface area contributed by atoms with Gasteiger partial charge in [0, 0.05) is 28.9 Å². The number of aromatic nitrogens is 7. The molecular formula is C27H22FN9O. The van der Waals surface area contributed by atoms with Gasteiger partial charge < -0.3 is 15.2 Å². The van der Waals surface area contributed by atoms with Gasteiger partial charge in [-0.05, 0) is 56.6 Å². The molecule has 0 saturated carbocycles. The Morgan fingerprint density at radius 2 is 1.82 bits per heavy atom. The fourth-order valence-corrected chi connectivity index (χ4v) is 4.26. The summed E-state index contributed by atoms with van der Waals surface area (Å²) in [4.78, 5) is 35.4. The standard InChI is InChI=1S/C27H22FN9O/c1-37(2)14-23(38)32-18-9-16(11-29-12-18)21-10-19-22(13-31-21)35-36-25(19)27-33-20-7-8-30-24(26(20)34-27)15-3-5-17(28)6-4-15/h3-13H,14H2,1-2H3,(H,32,38)(H,33,34)(H,35,36). The summed E-state index contributed by atoms with van der Waals surface area (Å²) in [6.07, 6.45) is 6.68. The van der Waals surface area contributed by atoms with Gasteiger partial charge in [0.25, 0.3) is 0 Å². The molecule has 38 heavy (non-hydrogen) atoms. The summed E-state index contributed by atoms with van der Waals surface area (Å²) in [7, 11) is 3.66. The molecule has 6 aromatic rings. The maximum Gasteiger partial charge on any atom is 0.238 e. The lowest BCUT2D eigenvalue weighted by Gasteiger charge is -2.10. The van der Waals surface area contributed by atoms with Crippen LogP contribution < -0.4 is 5.32 Å². The van der Waals surface area contributed by atoms with Gasteiger partial charge in [0.2, 0.25) is 5.91 Å². The molecule has 0 aliphatic heterocycles. The van der Waals surface area contributed by atoms with Crippen LogP contribution in [-0.4, -0.2) is 66.6 Å². The van der Waals surface area contributed by atoms with Crippen LogP contribution >= 0.6 is 0 Å². The van der Waals surface area contributed by atoms with Crippen LogP contribution in [0.25, 0.3) is 56.0 Å². The normalized spacial score (nSPS) is 11.5. The van der Waals surface area contributed by atoms with Crippen LogP contribution in [-0.2, 0) is 4.79 Å². The molecule has 6 rings (SSSR count). The third-order valence-corrected chi connectivity index (χ3v) is 5.97. The van der Waals surface area contributed by atoms with E-state index in [0.717, 1.165) is 27.5 Å². The predicted octanol–water partition coefficient (Wildman–Crippen LogP) is 4.26. The van der Waals surface area contributed by atoms with E-state index in [1.807, 2.05) is 32.3 Å². The molecule has 0 aliphatic carbocycles. The zero-order valence-electron chi connectivity index (χ0n) is 20.5. The SMILES string of the molecule is CN(C)CC(=O)Nc1cncc(-c2cc3c(-c4nc5c(-c6ccc(F)cc6)nccc5[nH]4)n[nH]c3cn2)c1. The van der Waals surface area contributed by atoms with Crippen molar-refractivity contribution in [1.82, 2.24) is 40.0 Å². The summed E-state index contributed by atoms with van der Waals surface area (Å²) >= 11 is 0. The highest BCUT2D eigenvalue weighted by Gasteiger charge is 2.17. The summed E-state index contributed by atoms with van der Waals surface area (Å²) in [5.41, 5.74) is 6.20. The Kier molecular flexibility index (Phi) is 5.81. The number of amides is 1. The molecule has 11 heteroatoms. The number of H-pyrrole nitrogens is 2. The summed E-state index contributed by atoms with van der Waals surface area (Å²) < 4.78 is 13.4. The molecule has 0 bridgehead atoms. The van der Waals surface area contributed by atoms with Crippen molar-refractivity contribution in [2.45, 2.75) is 0 Å². The summed E-state index contributed by atoms with van der Waals surface area (Å²) in [5, 5.41) is 11.2. The Morgan fingerprint density at radius 1 is 0.974 bits per heavy atom. The third-order valence-electron chi connectivity index (χ3n) is 5.97. The second kappa shape index (κ2) is 9.45. The fraction of sp³-hybridized carbons (Fsp3) is 0.111. The van der Waals surface area contributed by atoms with Crippen LogP contribution in [0.15, 0.2) is 67.3 Å². The van der Waals surface area contributed by atoms with Crippen molar-refractivity contribution in [3.8, 4) is 34.0 Å². The molecule has 0 saturated heterocycles. The quantitative estimate of drug-likeness (QED) is 0.307. The van der Waals surface area contributed by atoms with E-state index in [-0.39, 0.29) is 18.3 Å². The Balaban J connectivity index is 1.38. The fourth-order valence-electron chi connectivity index (χ4n) is 4.26. The van der Waals surface area contributed by atoms with Gasteiger partial charge in [0.15, 0.2) is 5.82 Å². The van der Waals surface area contributed by atoms with E-state index < -0.39 is 0 Å². The van der Waals surface area contributed by atoms with Crippen molar-refractivity contribution in [3.63, 3.8) is 0 Å². The molecule has 1 amide bonds. The number of benzene rings is 1. The van der Waals surface area contributed by atoms with Crippen molar-refractivity contribution < 1.29 is 9.18 Å². The van der Waals surface area contributed by atoms with Gasteiger partial charge in [0.1, 0.15) is 17.0 Å². The van der Waals surface area contributed by atoms with Crippen LogP contribution in [0.5, 0.6) is 0 Å². The maximum absolute atomic E-state index is 13.4. The molecule has 0 atom stereocenters. The Morgan fingerprint density at radius 3 is 2.63 bits per heavy atom. The second-order valence-electron chi connectivity index (χ2n) is 9.08. The van der Waals surface area contributed by atoms with Gasteiger partial charge in [0.05, 0.1) is 47.0 Å². The lowest BCUT2D eigenvalue weighted by molar-refractivity contribution is -0.116. The highest BCUT2D eigenvalue weighted by atomic mass is 19.1. The highest BCUT2D eigenvalue weighted by Crippen LogP contribution is 2.32. The molecule has 0 radical (unpaired) electrons. The smallest absolute Gasteiger partial charge is 0.238 e. The number of hydrogen-bond donors (Lipinski definition) is 3. The first-order chi connectivity index (χ1) is 18.4. The Hall–Kier alpha value is -5.03. The third kappa shape index (κ3) is 4.46. The minimum Gasteiger partial charge on any atom is -0.336 e. The lowest BCUT2D eigenvalue weighted by Crippen LogP contribution is -2.27. The number of imidazole rings is 1. The summed E-state index contributed by atoms with van der Waals surface area (Å²) in [5.74, 6) is 0.115. The van der Waals surface area contributed by atoms with E-state index in [2.05, 4.69) is 35.5 Å². The van der Waals surface area contributed by atoms with E-state index in [4.69, 9.17) is 4.98 Å². The van der Waals surface area contributed by atoms with Crippen LogP contribution in [0, 0.1) is 5.82 Å². The summed E-state index contributed by atoms with van der Waals surface area (Å²) in [6.45, 7) is 0.267. The van der Waals surface area contributed by atoms with Crippen LogP contribution in [0.3, 0.4) is 0 Å². The van der Waals surface area contributed by atoms with Gasteiger partial charge in [-0.2, -0.15) is 5.10 Å². The van der Waals surface area contributed by atoms with Gasteiger partial charge >= 0.3 is 0 Å². The van der Waals surface area contributed by atoms with Crippen LogP contribution in [0.4, 0.5) is 10.1 Å². The number of fused-ring (bicyclic) bond motifs is 2. The average molecular weight is 508 g/mol. The second-order valence-corrected chi connectivity index (χ2v) is 9.08. The molecular weight excluding hydrogens is 485 g/mol. The Labute approximate surface area is 216 Å². The van der Waals surface area contributed by atoms with E-state index in [0.29, 0.717) is 34.1 Å². The number of nitrogens with zero attached hydrogens (tertiary/aromatic N) is 6. The lowest BCUT2D eigenvalue weighted by atomic mass is 10.1. The summed E-state index contributed by atoms with van der Waals surface area (Å²) in [6, 6.07) is 11.7. The van der Waals surface area contributed by atoms with Crippen LogP contribution in [0.2, 0.25) is 0 Å². The number of carbonyl (C=O) groups is 1. The van der Waals surface area contributed by atoms with Crippen molar-refractivity contribution in [2.24, 2.45) is 0 Å². The number of pyridine rings is 3. The monoisotopic (exact) mass is 507 g/mol. The number of nitrogens with one attached hydrogen (secondary N) is 3. The largest absolute Gasteiger partial charge is 0.336 e. The molecule has 0 fully saturated rings. The average Bonchev–Trinajstić information content (AvgIpc) is 3.52. The van der Waals surface area contributed by atoms with Crippen molar-refractivity contribution in [3.05, 3.63) is 73.1 Å². The zero-order chi connectivity index (χ0) is 26.2. The van der Waals surface area contributed by atoms with E-state index in [1.165, 1.54) is 12.1 Å². The molecule has 188 valence electrons. The zero-order valence-corrected chi connectivity index (χ0v) is 20.5. The van der Waals surface area contributed by atoms with Crippen molar-refractivity contribution in [1.29, 1.82) is 0 Å². The van der Waals surface area contributed by atoms with E-state index >= 15 is 0 Å². The van der Waals surface area contributed by atoms with Crippen molar-refractivity contribution >= 4 is 33.5 Å². The Bertz CT molecular complexity index is 1790. The predicted molar refractivity (Wildman–Crippen MR) is 143 cm³/mol.